The van der Waals surface area contributed by atoms with Crippen molar-refractivity contribution in [1.29, 1.82) is 5.26 Å². The van der Waals surface area contributed by atoms with Crippen molar-refractivity contribution in [3.63, 3.8) is 0 Å². The van der Waals surface area contributed by atoms with E-state index >= 15 is 0 Å². The van der Waals surface area contributed by atoms with E-state index in [9.17, 15) is 20.0 Å². The first-order valence-corrected chi connectivity index (χ1v) is 7.94. The Hall–Kier alpha value is -3.05. The first kappa shape index (κ1) is 15.5. The lowest BCUT2D eigenvalue weighted by molar-refractivity contribution is 0.151. The molecule has 2 aromatic rings. The number of aliphatic hydroxyl groups excluding tert-OH is 1. The van der Waals surface area contributed by atoms with Gasteiger partial charge >= 0.3 is 5.69 Å². The molecule has 8 heteroatoms. The van der Waals surface area contributed by atoms with Gasteiger partial charge < -0.3 is 14.6 Å². The smallest absolute Gasteiger partial charge is 0.331 e. The number of ether oxygens (including phenoxy) is 2. The Labute approximate surface area is 142 Å². The third kappa shape index (κ3) is 2.40. The van der Waals surface area contributed by atoms with E-state index in [1.165, 1.54) is 4.57 Å². The van der Waals surface area contributed by atoms with Crippen molar-refractivity contribution in [2.75, 3.05) is 6.79 Å². The number of nitrogens with zero attached hydrogens (tertiary/aromatic N) is 3. The van der Waals surface area contributed by atoms with Crippen LogP contribution in [0.25, 0.3) is 0 Å². The van der Waals surface area contributed by atoms with Gasteiger partial charge in [0.2, 0.25) is 6.79 Å². The molecule has 2 aliphatic rings. The summed E-state index contributed by atoms with van der Waals surface area (Å²) in [4.78, 5) is 25.1. The number of nitriles is 1. The SMILES string of the molecule is N#Cc1c2n(c(=O)n(C[C@@H](O)c3ccc4c(c3)OCO4)c1=O)CCC2. The number of rotatable bonds is 3. The highest BCUT2D eigenvalue weighted by molar-refractivity contribution is 5.45. The second-order valence-corrected chi connectivity index (χ2v) is 6.02. The standard InChI is InChI=1S/C17H15N3O5/c18-7-11-12-2-1-5-19(12)17(23)20(16(11)22)8-13(21)10-3-4-14-15(6-10)25-9-24-14/h3-4,6,13,21H,1-2,5,8-9H2/t13-/m1/s1. The van der Waals surface area contributed by atoms with Gasteiger partial charge in [0.25, 0.3) is 5.56 Å². The van der Waals surface area contributed by atoms with Crippen LogP contribution in [0.2, 0.25) is 0 Å². The molecule has 8 nitrogen and oxygen atoms in total. The van der Waals surface area contributed by atoms with Gasteiger partial charge in [-0.2, -0.15) is 5.26 Å². The van der Waals surface area contributed by atoms with Gasteiger partial charge in [0, 0.05) is 12.2 Å². The summed E-state index contributed by atoms with van der Waals surface area (Å²) in [5.74, 6) is 1.09. The quantitative estimate of drug-likeness (QED) is 0.860. The van der Waals surface area contributed by atoms with Crippen molar-refractivity contribution in [3.05, 3.63) is 55.9 Å². The van der Waals surface area contributed by atoms with Crippen molar-refractivity contribution in [3.8, 4) is 17.6 Å². The fourth-order valence-electron chi connectivity index (χ4n) is 3.31. The van der Waals surface area contributed by atoms with Crippen LogP contribution in [0.1, 0.15) is 29.3 Å². The minimum Gasteiger partial charge on any atom is -0.454 e. The molecule has 1 aromatic carbocycles. The molecule has 0 amide bonds. The Balaban J connectivity index is 1.73. The van der Waals surface area contributed by atoms with Crippen molar-refractivity contribution >= 4 is 0 Å². The Bertz CT molecular complexity index is 1010. The zero-order chi connectivity index (χ0) is 17.6. The lowest BCUT2D eigenvalue weighted by atomic mass is 10.1. The summed E-state index contributed by atoms with van der Waals surface area (Å²) >= 11 is 0. The molecule has 0 bridgehead atoms. The molecule has 0 fully saturated rings. The highest BCUT2D eigenvalue weighted by Gasteiger charge is 2.24. The molecule has 0 saturated carbocycles. The Morgan fingerprint density at radius 2 is 2.08 bits per heavy atom. The molecule has 0 saturated heterocycles. The van der Waals surface area contributed by atoms with Crippen molar-refractivity contribution in [1.82, 2.24) is 9.13 Å². The second kappa shape index (κ2) is 5.79. The summed E-state index contributed by atoms with van der Waals surface area (Å²) < 4.78 is 12.9. The summed E-state index contributed by atoms with van der Waals surface area (Å²) in [5, 5.41) is 19.8. The zero-order valence-corrected chi connectivity index (χ0v) is 13.3. The summed E-state index contributed by atoms with van der Waals surface area (Å²) in [7, 11) is 0. The second-order valence-electron chi connectivity index (χ2n) is 6.02. The van der Waals surface area contributed by atoms with Crippen molar-refractivity contribution in [2.45, 2.75) is 32.0 Å². The van der Waals surface area contributed by atoms with Gasteiger partial charge in [-0.1, -0.05) is 6.07 Å². The van der Waals surface area contributed by atoms with E-state index in [0.717, 1.165) is 11.0 Å². The average Bonchev–Trinajstić information content (AvgIpc) is 3.27. The Morgan fingerprint density at radius 3 is 2.88 bits per heavy atom. The molecule has 2 aliphatic heterocycles. The fourth-order valence-corrected chi connectivity index (χ4v) is 3.31. The van der Waals surface area contributed by atoms with Gasteiger partial charge in [0.1, 0.15) is 11.6 Å². The minimum absolute atomic E-state index is 0.0185. The summed E-state index contributed by atoms with van der Waals surface area (Å²) in [6.45, 7) is 0.363. The molecule has 0 unspecified atom stereocenters. The van der Waals surface area contributed by atoms with E-state index in [0.29, 0.717) is 35.7 Å². The fraction of sp³-hybridized carbons (Fsp3) is 0.353. The average molecular weight is 341 g/mol. The lowest BCUT2D eigenvalue weighted by Gasteiger charge is -2.15. The maximum absolute atomic E-state index is 12.6. The van der Waals surface area contributed by atoms with Gasteiger partial charge in [-0.25, -0.2) is 4.79 Å². The van der Waals surface area contributed by atoms with Gasteiger partial charge in [-0.3, -0.25) is 13.9 Å². The van der Waals surface area contributed by atoms with Crippen LogP contribution in [0.4, 0.5) is 0 Å². The van der Waals surface area contributed by atoms with Crippen LogP contribution in [0.15, 0.2) is 27.8 Å². The van der Waals surface area contributed by atoms with Crippen LogP contribution in [-0.2, 0) is 19.5 Å². The van der Waals surface area contributed by atoms with E-state index in [1.807, 2.05) is 6.07 Å². The minimum atomic E-state index is -1.09. The number of aliphatic hydroxyl groups is 1. The molecule has 128 valence electrons. The highest BCUT2D eigenvalue weighted by Crippen LogP contribution is 2.34. The van der Waals surface area contributed by atoms with E-state index in [1.54, 1.807) is 18.2 Å². The number of hydrogen-bond donors (Lipinski definition) is 1. The third-order valence-electron chi connectivity index (χ3n) is 4.58. The molecule has 1 atom stereocenters. The first-order valence-electron chi connectivity index (χ1n) is 7.94. The van der Waals surface area contributed by atoms with Gasteiger partial charge in [-0.15, -0.1) is 0 Å². The van der Waals surface area contributed by atoms with Crippen LogP contribution in [0.5, 0.6) is 11.5 Å². The van der Waals surface area contributed by atoms with Crippen LogP contribution in [0, 0.1) is 11.3 Å². The first-order chi connectivity index (χ1) is 12.1. The molecule has 3 heterocycles. The monoisotopic (exact) mass is 341 g/mol. The predicted octanol–water partition coefficient (Wildman–Crippen LogP) is 0.290. The number of fused-ring (bicyclic) bond motifs is 2. The van der Waals surface area contributed by atoms with Crippen LogP contribution in [-0.4, -0.2) is 21.0 Å². The molecular formula is C17H15N3O5. The number of benzene rings is 1. The molecule has 4 rings (SSSR count). The van der Waals surface area contributed by atoms with Gasteiger partial charge in [0.05, 0.1) is 12.6 Å². The maximum Gasteiger partial charge on any atom is 0.331 e. The molecule has 1 aromatic heterocycles. The van der Waals surface area contributed by atoms with E-state index in [2.05, 4.69) is 0 Å². The summed E-state index contributed by atoms with van der Waals surface area (Å²) in [6, 6.07) is 6.84. The highest BCUT2D eigenvalue weighted by atomic mass is 16.7. The van der Waals surface area contributed by atoms with Crippen LogP contribution in [0.3, 0.4) is 0 Å². The van der Waals surface area contributed by atoms with E-state index < -0.39 is 17.4 Å². The van der Waals surface area contributed by atoms with Crippen LogP contribution < -0.4 is 20.7 Å². The molecule has 0 radical (unpaired) electrons. The maximum atomic E-state index is 12.6. The third-order valence-corrected chi connectivity index (χ3v) is 4.58. The molecule has 1 N–H and O–H groups in total. The predicted molar refractivity (Wildman–Crippen MR) is 85.5 cm³/mol. The molecule has 0 spiro atoms. The number of aromatic nitrogens is 2. The summed E-state index contributed by atoms with van der Waals surface area (Å²) in [6.07, 6.45) is 0.170. The molecule has 0 aliphatic carbocycles. The zero-order valence-electron chi connectivity index (χ0n) is 13.3. The molecule has 25 heavy (non-hydrogen) atoms. The Kier molecular flexibility index (Phi) is 3.58. The van der Waals surface area contributed by atoms with E-state index in [-0.39, 0.29) is 18.9 Å². The number of hydrogen-bond acceptors (Lipinski definition) is 6. The topological polar surface area (TPSA) is 106 Å². The largest absolute Gasteiger partial charge is 0.454 e. The van der Waals surface area contributed by atoms with E-state index in [4.69, 9.17) is 9.47 Å². The van der Waals surface area contributed by atoms with Gasteiger partial charge in [-0.05, 0) is 30.5 Å². The van der Waals surface area contributed by atoms with Crippen molar-refractivity contribution < 1.29 is 14.6 Å². The normalized spacial score (nSPS) is 15.7. The van der Waals surface area contributed by atoms with Crippen molar-refractivity contribution in [2.24, 2.45) is 0 Å². The summed E-state index contributed by atoms with van der Waals surface area (Å²) in [5.41, 5.74) is -0.169. The Morgan fingerprint density at radius 1 is 1.28 bits per heavy atom. The van der Waals surface area contributed by atoms with Crippen LogP contribution >= 0.6 is 0 Å². The lowest BCUT2D eigenvalue weighted by Crippen LogP contribution is -2.42. The molecular weight excluding hydrogens is 326 g/mol. The van der Waals surface area contributed by atoms with Gasteiger partial charge in [0.15, 0.2) is 11.5 Å².